The largest absolute Gasteiger partial charge is 0.481 e. The van der Waals surface area contributed by atoms with Crippen LogP contribution < -0.4 is 10.1 Å². The van der Waals surface area contributed by atoms with Gasteiger partial charge in [0.05, 0.1) is 0 Å². The Morgan fingerprint density at radius 2 is 2.33 bits per heavy atom. The summed E-state index contributed by atoms with van der Waals surface area (Å²) in [5.74, 6) is 6.07. The van der Waals surface area contributed by atoms with E-state index in [2.05, 4.69) is 17.2 Å². The molecule has 0 saturated carbocycles. The number of hydrogen-bond acceptors (Lipinski definition) is 2. The summed E-state index contributed by atoms with van der Waals surface area (Å²) in [7, 11) is 0. The van der Waals surface area contributed by atoms with E-state index in [0.717, 1.165) is 0 Å². The van der Waals surface area contributed by atoms with E-state index in [1.807, 2.05) is 0 Å². The first kappa shape index (κ1) is 14.4. The van der Waals surface area contributed by atoms with E-state index < -0.39 is 6.10 Å². The SMILES string of the molecule is CC#CCCNC(=O)C(C)Oc1cccc(Cl)c1. The van der Waals surface area contributed by atoms with Crippen molar-refractivity contribution in [2.45, 2.75) is 26.4 Å². The number of halogens is 1. The minimum Gasteiger partial charge on any atom is -0.481 e. The highest BCUT2D eigenvalue weighted by molar-refractivity contribution is 6.30. The molecule has 0 saturated heterocycles. The maximum absolute atomic E-state index is 11.7. The standard InChI is InChI=1S/C14H16ClNO2/c1-3-4-5-9-16-14(17)11(2)18-13-8-6-7-12(15)10-13/h6-8,10-11H,5,9H2,1-2H3,(H,16,17). The lowest BCUT2D eigenvalue weighted by Crippen LogP contribution is -2.36. The van der Waals surface area contributed by atoms with Crippen molar-refractivity contribution in [3.05, 3.63) is 29.3 Å². The molecule has 1 amide bonds. The van der Waals surface area contributed by atoms with Crippen LogP contribution in [0, 0.1) is 11.8 Å². The van der Waals surface area contributed by atoms with Crippen LogP contribution in [0.25, 0.3) is 0 Å². The summed E-state index contributed by atoms with van der Waals surface area (Å²) < 4.78 is 5.48. The number of amides is 1. The molecular weight excluding hydrogens is 250 g/mol. The van der Waals surface area contributed by atoms with Crippen molar-refractivity contribution < 1.29 is 9.53 Å². The molecule has 0 aliphatic carbocycles. The summed E-state index contributed by atoms with van der Waals surface area (Å²) in [5.41, 5.74) is 0. The zero-order valence-corrected chi connectivity index (χ0v) is 11.3. The molecule has 3 nitrogen and oxygen atoms in total. The van der Waals surface area contributed by atoms with E-state index >= 15 is 0 Å². The van der Waals surface area contributed by atoms with Gasteiger partial charge in [0.1, 0.15) is 5.75 Å². The van der Waals surface area contributed by atoms with Crippen molar-refractivity contribution in [2.24, 2.45) is 0 Å². The van der Waals surface area contributed by atoms with Crippen LogP contribution >= 0.6 is 11.6 Å². The van der Waals surface area contributed by atoms with Gasteiger partial charge < -0.3 is 10.1 Å². The molecule has 1 aromatic carbocycles. The molecule has 0 aliphatic rings. The molecule has 0 heterocycles. The van der Waals surface area contributed by atoms with Crippen molar-refractivity contribution in [1.82, 2.24) is 5.32 Å². The molecule has 4 heteroatoms. The Bertz CT molecular complexity index is 462. The Morgan fingerprint density at radius 1 is 1.56 bits per heavy atom. The van der Waals surface area contributed by atoms with E-state index in [1.54, 1.807) is 38.1 Å². The first-order valence-corrected chi connectivity index (χ1v) is 6.11. The van der Waals surface area contributed by atoms with Crippen molar-refractivity contribution >= 4 is 17.5 Å². The minimum atomic E-state index is -0.557. The van der Waals surface area contributed by atoms with Gasteiger partial charge in [-0.05, 0) is 32.0 Å². The monoisotopic (exact) mass is 265 g/mol. The summed E-state index contributed by atoms with van der Waals surface area (Å²) >= 11 is 5.83. The number of rotatable bonds is 5. The Labute approximate surface area is 112 Å². The first-order chi connectivity index (χ1) is 8.63. The van der Waals surface area contributed by atoms with Crippen molar-refractivity contribution in [3.8, 4) is 17.6 Å². The third kappa shape index (κ3) is 5.11. The van der Waals surface area contributed by atoms with Crippen LogP contribution in [0.3, 0.4) is 0 Å². The van der Waals surface area contributed by atoms with Crippen molar-refractivity contribution in [3.63, 3.8) is 0 Å². The highest BCUT2D eigenvalue weighted by Gasteiger charge is 2.13. The van der Waals surface area contributed by atoms with Crippen LogP contribution in [0.1, 0.15) is 20.3 Å². The minimum absolute atomic E-state index is 0.159. The second-order valence-electron chi connectivity index (χ2n) is 3.69. The fourth-order valence-electron chi connectivity index (χ4n) is 1.31. The molecule has 18 heavy (non-hydrogen) atoms. The summed E-state index contributed by atoms with van der Waals surface area (Å²) in [5, 5.41) is 3.33. The van der Waals surface area contributed by atoms with Gasteiger partial charge in [0.2, 0.25) is 0 Å². The van der Waals surface area contributed by atoms with Gasteiger partial charge >= 0.3 is 0 Å². The molecule has 0 spiro atoms. The van der Waals surface area contributed by atoms with Gasteiger partial charge in [-0.3, -0.25) is 4.79 Å². The lowest BCUT2D eigenvalue weighted by atomic mass is 10.3. The molecule has 1 N–H and O–H groups in total. The lowest BCUT2D eigenvalue weighted by Gasteiger charge is -2.14. The summed E-state index contributed by atoms with van der Waals surface area (Å²) in [6.07, 6.45) is 0.0876. The van der Waals surface area contributed by atoms with Gasteiger partial charge in [-0.1, -0.05) is 17.7 Å². The van der Waals surface area contributed by atoms with Gasteiger partial charge in [0.15, 0.2) is 6.10 Å². The zero-order valence-electron chi connectivity index (χ0n) is 10.5. The van der Waals surface area contributed by atoms with Crippen molar-refractivity contribution in [1.29, 1.82) is 0 Å². The van der Waals surface area contributed by atoms with Crippen LogP contribution in [0.5, 0.6) is 5.75 Å². The van der Waals surface area contributed by atoms with E-state index in [9.17, 15) is 4.79 Å². The molecule has 1 rings (SSSR count). The van der Waals surface area contributed by atoms with E-state index in [0.29, 0.717) is 23.7 Å². The Balaban J connectivity index is 2.41. The van der Waals surface area contributed by atoms with Gasteiger partial charge in [0, 0.05) is 18.0 Å². The van der Waals surface area contributed by atoms with Crippen molar-refractivity contribution in [2.75, 3.05) is 6.54 Å². The third-order valence-electron chi connectivity index (χ3n) is 2.20. The topological polar surface area (TPSA) is 38.3 Å². The fourth-order valence-corrected chi connectivity index (χ4v) is 1.50. The molecule has 96 valence electrons. The normalized spacial score (nSPS) is 11.1. The highest BCUT2D eigenvalue weighted by Crippen LogP contribution is 2.18. The van der Waals surface area contributed by atoms with Crippen LogP contribution in [-0.2, 0) is 4.79 Å². The van der Waals surface area contributed by atoms with Crippen LogP contribution in [-0.4, -0.2) is 18.6 Å². The number of hydrogen-bond donors (Lipinski definition) is 1. The molecule has 0 bridgehead atoms. The Morgan fingerprint density at radius 3 is 3.00 bits per heavy atom. The van der Waals surface area contributed by atoms with Crippen LogP contribution in [0.2, 0.25) is 5.02 Å². The van der Waals surface area contributed by atoms with E-state index in [4.69, 9.17) is 16.3 Å². The van der Waals surface area contributed by atoms with E-state index in [1.165, 1.54) is 0 Å². The molecule has 0 fully saturated rings. The average Bonchev–Trinajstić information content (AvgIpc) is 2.34. The van der Waals surface area contributed by atoms with Gasteiger partial charge in [0.25, 0.3) is 5.91 Å². The van der Waals surface area contributed by atoms with E-state index in [-0.39, 0.29) is 5.91 Å². The Hall–Kier alpha value is -1.66. The maximum atomic E-state index is 11.7. The summed E-state index contributed by atoms with van der Waals surface area (Å²) in [6, 6.07) is 6.97. The third-order valence-corrected chi connectivity index (χ3v) is 2.44. The van der Waals surface area contributed by atoms with Crippen LogP contribution in [0.15, 0.2) is 24.3 Å². The quantitative estimate of drug-likeness (QED) is 0.657. The predicted molar refractivity (Wildman–Crippen MR) is 72.6 cm³/mol. The smallest absolute Gasteiger partial charge is 0.260 e. The molecule has 1 atom stereocenters. The van der Waals surface area contributed by atoms with Gasteiger partial charge in [-0.2, -0.15) is 0 Å². The summed E-state index contributed by atoms with van der Waals surface area (Å²) in [4.78, 5) is 11.7. The molecule has 0 radical (unpaired) electrons. The number of nitrogens with one attached hydrogen (secondary N) is 1. The van der Waals surface area contributed by atoms with Gasteiger partial charge in [-0.15, -0.1) is 11.8 Å². The number of benzene rings is 1. The number of ether oxygens (including phenoxy) is 1. The molecule has 0 aromatic heterocycles. The highest BCUT2D eigenvalue weighted by atomic mass is 35.5. The molecule has 1 unspecified atom stereocenters. The molecule has 1 aromatic rings. The van der Waals surface area contributed by atoms with Crippen LogP contribution in [0.4, 0.5) is 0 Å². The Kier molecular flexibility index (Phi) is 6.10. The average molecular weight is 266 g/mol. The number of carbonyl (C=O) groups is 1. The zero-order chi connectivity index (χ0) is 13.4. The second kappa shape index (κ2) is 7.62. The molecular formula is C14H16ClNO2. The summed E-state index contributed by atoms with van der Waals surface area (Å²) in [6.45, 7) is 4.00. The molecule has 0 aliphatic heterocycles. The maximum Gasteiger partial charge on any atom is 0.260 e. The predicted octanol–water partition coefficient (Wildman–Crippen LogP) is 2.64. The fraction of sp³-hybridized carbons (Fsp3) is 0.357. The number of carbonyl (C=O) groups excluding carboxylic acids is 1. The first-order valence-electron chi connectivity index (χ1n) is 5.73. The second-order valence-corrected chi connectivity index (χ2v) is 4.12. The van der Waals surface area contributed by atoms with Gasteiger partial charge in [-0.25, -0.2) is 0 Å². The lowest BCUT2D eigenvalue weighted by molar-refractivity contribution is -0.127.